The van der Waals surface area contributed by atoms with Gasteiger partial charge >= 0.3 is 0 Å². The molecule has 0 radical (unpaired) electrons. The molecule has 3 aromatic rings. The van der Waals surface area contributed by atoms with Crippen LogP contribution in [0.25, 0.3) is 11.4 Å². The van der Waals surface area contributed by atoms with E-state index in [2.05, 4.69) is 20.5 Å². The monoisotopic (exact) mass is 406 g/mol. The van der Waals surface area contributed by atoms with Crippen LogP contribution in [0.3, 0.4) is 0 Å². The van der Waals surface area contributed by atoms with Crippen molar-refractivity contribution in [2.75, 3.05) is 5.75 Å². The van der Waals surface area contributed by atoms with Crippen LogP contribution in [0.4, 0.5) is 0 Å². The molecule has 2 N–H and O–H groups in total. The zero-order valence-corrected chi connectivity index (χ0v) is 16.2. The molecule has 0 bridgehead atoms. The minimum Gasteiger partial charge on any atom is -0.349 e. The van der Waals surface area contributed by atoms with Crippen LogP contribution in [0.15, 0.2) is 53.7 Å². The summed E-state index contributed by atoms with van der Waals surface area (Å²) < 4.78 is 0. The minimum atomic E-state index is -0.173. The molecule has 0 aliphatic rings. The van der Waals surface area contributed by atoms with Crippen LogP contribution in [0, 0.1) is 0 Å². The number of amides is 1. The highest BCUT2D eigenvalue weighted by molar-refractivity contribution is 7.99. The van der Waals surface area contributed by atoms with Crippen LogP contribution in [0.5, 0.6) is 0 Å². The number of aromatic nitrogens is 3. The van der Waals surface area contributed by atoms with Gasteiger partial charge in [-0.2, -0.15) is 0 Å². The molecule has 0 spiro atoms. The molecule has 1 atom stereocenters. The predicted molar refractivity (Wildman–Crippen MR) is 106 cm³/mol. The van der Waals surface area contributed by atoms with E-state index in [0.29, 0.717) is 21.0 Å². The molecule has 134 valence electrons. The van der Waals surface area contributed by atoms with Crippen LogP contribution in [0.2, 0.25) is 10.0 Å². The van der Waals surface area contributed by atoms with E-state index >= 15 is 0 Å². The lowest BCUT2D eigenvalue weighted by atomic mass is 10.1. The molecule has 0 aliphatic heterocycles. The predicted octanol–water partition coefficient (Wildman–Crippen LogP) is 4.75. The van der Waals surface area contributed by atoms with Crippen molar-refractivity contribution >= 4 is 40.9 Å². The summed E-state index contributed by atoms with van der Waals surface area (Å²) in [7, 11) is 0. The SMILES string of the molecule is CC(NC(=O)CSc1n[nH]c(-c2ccc(Cl)cc2)n1)c1ccccc1Cl. The van der Waals surface area contributed by atoms with Gasteiger partial charge in [0.05, 0.1) is 11.8 Å². The summed E-state index contributed by atoms with van der Waals surface area (Å²) in [6, 6.07) is 14.6. The molecule has 8 heteroatoms. The first-order chi connectivity index (χ1) is 12.5. The highest BCUT2D eigenvalue weighted by Crippen LogP contribution is 2.23. The zero-order chi connectivity index (χ0) is 18.5. The molecule has 0 saturated carbocycles. The van der Waals surface area contributed by atoms with Gasteiger partial charge in [-0.1, -0.05) is 53.2 Å². The number of nitrogens with zero attached hydrogens (tertiary/aromatic N) is 2. The Bertz CT molecular complexity index is 898. The van der Waals surface area contributed by atoms with E-state index in [-0.39, 0.29) is 17.7 Å². The van der Waals surface area contributed by atoms with Gasteiger partial charge in [-0.15, -0.1) is 5.10 Å². The number of benzene rings is 2. The van der Waals surface area contributed by atoms with Gasteiger partial charge < -0.3 is 5.32 Å². The molecule has 0 aliphatic carbocycles. The molecule has 0 fully saturated rings. The van der Waals surface area contributed by atoms with Gasteiger partial charge in [-0.3, -0.25) is 9.89 Å². The van der Waals surface area contributed by atoms with Crippen LogP contribution >= 0.6 is 35.0 Å². The summed E-state index contributed by atoms with van der Waals surface area (Å²) in [5.41, 5.74) is 1.76. The fourth-order valence-corrected chi connectivity index (χ4v) is 3.40. The molecule has 1 unspecified atom stereocenters. The highest BCUT2D eigenvalue weighted by Gasteiger charge is 2.14. The lowest BCUT2D eigenvalue weighted by Gasteiger charge is -2.15. The molecule has 0 saturated heterocycles. The number of aromatic amines is 1. The quantitative estimate of drug-likeness (QED) is 0.579. The lowest BCUT2D eigenvalue weighted by molar-refractivity contribution is -0.119. The second-order valence-electron chi connectivity index (χ2n) is 5.57. The average molecular weight is 407 g/mol. The topological polar surface area (TPSA) is 70.7 Å². The molecule has 26 heavy (non-hydrogen) atoms. The first-order valence-electron chi connectivity index (χ1n) is 7.88. The van der Waals surface area contributed by atoms with E-state index in [1.54, 1.807) is 18.2 Å². The Labute approximate surface area is 165 Å². The molecule has 3 rings (SSSR count). The van der Waals surface area contributed by atoms with Gasteiger partial charge in [0.25, 0.3) is 0 Å². The summed E-state index contributed by atoms with van der Waals surface area (Å²) in [5, 5.41) is 11.7. The minimum absolute atomic E-state index is 0.111. The van der Waals surface area contributed by atoms with Crippen molar-refractivity contribution in [3.63, 3.8) is 0 Å². The van der Waals surface area contributed by atoms with Gasteiger partial charge in [0, 0.05) is 15.6 Å². The van der Waals surface area contributed by atoms with Crippen LogP contribution in [-0.2, 0) is 4.79 Å². The number of carbonyl (C=O) groups excluding carboxylic acids is 1. The summed E-state index contributed by atoms with van der Waals surface area (Å²) in [5.74, 6) is 0.737. The van der Waals surface area contributed by atoms with Crippen molar-refractivity contribution < 1.29 is 4.79 Å². The third kappa shape index (κ3) is 4.78. The first kappa shape index (κ1) is 18.8. The number of carbonyl (C=O) groups is 1. The second kappa shape index (κ2) is 8.58. The fraction of sp³-hybridized carbons (Fsp3) is 0.167. The van der Waals surface area contributed by atoms with Gasteiger partial charge in [0.1, 0.15) is 0 Å². The molecule has 1 aromatic heterocycles. The van der Waals surface area contributed by atoms with Crippen molar-refractivity contribution in [2.45, 2.75) is 18.1 Å². The van der Waals surface area contributed by atoms with Crippen molar-refractivity contribution in [2.24, 2.45) is 0 Å². The first-order valence-corrected chi connectivity index (χ1v) is 9.62. The molecular formula is C18H16Cl2N4OS. The Morgan fingerprint density at radius 2 is 1.92 bits per heavy atom. The van der Waals surface area contributed by atoms with E-state index in [1.807, 2.05) is 37.3 Å². The zero-order valence-electron chi connectivity index (χ0n) is 13.9. The molecule has 1 amide bonds. The van der Waals surface area contributed by atoms with E-state index in [4.69, 9.17) is 23.2 Å². The maximum absolute atomic E-state index is 12.2. The van der Waals surface area contributed by atoms with Crippen molar-refractivity contribution in [1.82, 2.24) is 20.5 Å². The Balaban J connectivity index is 1.55. The Morgan fingerprint density at radius 3 is 2.65 bits per heavy atom. The van der Waals surface area contributed by atoms with Crippen LogP contribution in [0.1, 0.15) is 18.5 Å². The number of rotatable bonds is 6. The summed E-state index contributed by atoms with van der Waals surface area (Å²) in [6.07, 6.45) is 0. The van der Waals surface area contributed by atoms with Gasteiger partial charge in [-0.05, 0) is 42.8 Å². The highest BCUT2D eigenvalue weighted by atomic mass is 35.5. The van der Waals surface area contributed by atoms with E-state index in [9.17, 15) is 4.79 Å². The molecule has 2 aromatic carbocycles. The summed E-state index contributed by atoms with van der Waals surface area (Å²) >= 11 is 13.3. The molecule has 5 nitrogen and oxygen atoms in total. The number of hydrogen-bond donors (Lipinski definition) is 2. The Morgan fingerprint density at radius 1 is 1.19 bits per heavy atom. The van der Waals surface area contributed by atoms with Crippen LogP contribution < -0.4 is 5.32 Å². The molecular weight excluding hydrogens is 391 g/mol. The second-order valence-corrected chi connectivity index (χ2v) is 7.36. The number of thioether (sulfide) groups is 1. The standard InChI is InChI=1S/C18H16Cl2N4OS/c1-11(14-4-2-3-5-15(14)20)21-16(25)10-26-18-22-17(23-24-18)12-6-8-13(19)9-7-12/h2-9,11H,10H2,1H3,(H,21,25)(H,22,23,24). The van der Waals surface area contributed by atoms with Crippen molar-refractivity contribution in [3.8, 4) is 11.4 Å². The fourth-order valence-electron chi connectivity index (χ4n) is 2.37. The number of hydrogen-bond acceptors (Lipinski definition) is 4. The largest absolute Gasteiger partial charge is 0.349 e. The Hall–Kier alpha value is -2.02. The number of nitrogens with one attached hydrogen (secondary N) is 2. The third-order valence-corrected chi connectivity index (χ3v) is 5.11. The summed E-state index contributed by atoms with van der Waals surface area (Å²) in [6.45, 7) is 1.90. The summed E-state index contributed by atoms with van der Waals surface area (Å²) in [4.78, 5) is 16.6. The molecule has 1 heterocycles. The van der Waals surface area contributed by atoms with E-state index in [1.165, 1.54) is 11.8 Å². The Kier molecular flexibility index (Phi) is 6.19. The van der Waals surface area contributed by atoms with Crippen LogP contribution in [-0.4, -0.2) is 26.8 Å². The van der Waals surface area contributed by atoms with E-state index in [0.717, 1.165) is 11.1 Å². The third-order valence-electron chi connectivity index (χ3n) is 3.66. The number of H-pyrrole nitrogens is 1. The van der Waals surface area contributed by atoms with E-state index < -0.39 is 0 Å². The van der Waals surface area contributed by atoms with Gasteiger partial charge in [0.2, 0.25) is 11.1 Å². The maximum atomic E-state index is 12.2. The van der Waals surface area contributed by atoms with Crippen molar-refractivity contribution in [1.29, 1.82) is 0 Å². The normalized spacial score (nSPS) is 12.0. The smallest absolute Gasteiger partial charge is 0.230 e. The maximum Gasteiger partial charge on any atom is 0.230 e. The van der Waals surface area contributed by atoms with Gasteiger partial charge in [0.15, 0.2) is 5.82 Å². The number of halogens is 2. The average Bonchev–Trinajstić information content (AvgIpc) is 3.10. The van der Waals surface area contributed by atoms with Crippen molar-refractivity contribution in [3.05, 3.63) is 64.1 Å². The van der Waals surface area contributed by atoms with Gasteiger partial charge in [-0.25, -0.2) is 4.98 Å². The lowest BCUT2D eigenvalue weighted by Crippen LogP contribution is -2.28.